The first-order valence-corrected chi connectivity index (χ1v) is 9.31. The van der Waals surface area contributed by atoms with E-state index in [1.807, 2.05) is 37.3 Å². The smallest absolute Gasteiger partial charge is 0.231 e. The molecule has 1 aromatic heterocycles. The Morgan fingerprint density at radius 2 is 1.88 bits per heavy atom. The largest absolute Gasteiger partial charge is 0.395 e. The molecule has 3 rings (SSSR count). The number of hydrogen-bond acceptors (Lipinski definition) is 6. The number of aliphatic hydroxyl groups is 1. The summed E-state index contributed by atoms with van der Waals surface area (Å²) in [7, 11) is 0. The van der Waals surface area contributed by atoms with Gasteiger partial charge in [0.05, 0.1) is 32.6 Å². The quantitative estimate of drug-likeness (QED) is 0.534. The molecular formula is C17H16Cl2N4OS. The van der Waals surface area contributed by atoms with E-state index in [0.717, 1.165) is 28.1 Å². The second kappa shape index (κ2) is 8.10. The van der Waals surface area contributed by atoms with E-state index in [0.29, 0.717) is 21.7 Å². The lowest BCUT2D eigenvalue weighted by molar-refractivity contribution is 0.302. The zero-order chi connectivity index (χ0) is 17.8. The summed E-state index contributed by atoms with van der Waals surface area (Å²) in [5.41, 5.74) is 2.52. The molecule has 0 atom stereocenters. The number of nitrogens with zero attached hydrogens (tertiary/aromatic N) is 4. The Morgan fingerprint density at radius 1 is 1.12 bits per heavy atom. The minimum absolute atomic E-state index is 0.124. The molecule has 3 aromatic rings. The first kappa shape index (κ1) is 18.1. The summed E-state index contributed by atoms with van der Waals surface area (Å²) in [6, 6.07) is 11.2. The van der Waals surface area contributed by atoms with E-state index < -0.39 is 0 Å². The molecule has 1 heterocycles. The molecular weight excluding hydrogens is 379 g/mol. The average Bonchev–Trinajstić information content (AvgIpc) is 3.06. The van der Waals surface area contributed by atoms with Crippen LogP contribution in [0.3, 0.4) is 0 Å². The SMILES string of the molecule is CCN(CCO)c1ccc(N=Nc2nc3ccc(Cl)c(Cl)c3s2)cc1. The summed E-state index contributed by atoms with van der Waals surface area (Å²) >= 11 is 13.6. The molecule has 0 saturated heterocycles. The van der Waals surface area contributed by atoms with Crippen molar-refractivity contribution in [3.05, 3.63) is 46.4 Å². The fraction of sp³-hybridized carbons (Fsp3) is 0.235. The van der Waals surface area contributed by atoms with Gasteiger partial charge in [0, 0.05) is 18.8 Å². The number of hydrogen-bond donors (Lipinski definition) is 1. The molecule has 0 bridgehead atoms. The third kappa shape index (κ3) is 4.10. The highest BCUT2D eigenvalue weighted by atomic mass is 35.5. The Balaban J connectivity index is 1.79. The maximum absolute atomic E-state index is 9.09. The van der Waals surface area contributed by atoms with Gasteiger partial charge < -0.3 is 10.0 Å². The van der Waals surface area contributed by atoms with E-state index in [1.165, 1.54) is 11.3 Å². The molecule has 0 spiro atoms. The van der Waals surface area contributed by atoms with Crippen molar-refractivity contribution in [1.29, 1.82) is 0 Å². The molecule has 0 amide bonds. The van der Waals surface area contributed by atoms with Gasteiger partial charge in [-0.3, -0.25) is 0 Å². The molecule has 0 unspecified atom stereocenters. The minimum atomic E-state index is 0.124. The molecule has 0 radical (unpaired) electrons. The minimum Gasteiger partial charge on any atom is -0.395 e. The number of azo groups is 1. The molecule has 8 heteroatoms. The van der Waals surface area contributed by atoms with Crippen LogP contribution in [0.2, 0.25) is 10.0 Å². The number of fused-ring (bicyclic) bond motifs is 1. The molecule has 0 fully saturated rings. The topological polar surface area (TPSA) is 61.1 Å². The summed E-state index contributed by atoms with van der Waals surface area (Å²) in [5, 5.41) is 19.0. The Labute approximate surface area is 159 Å². The summed E-state index contributed by atoms with van der Waals surface area (Å²) in [6.07, 6.45) is 0. The Morgan fingerprint density at radius 3 is 2.56 bits per heavy atom. The van der Waals surface area contributed by atoms with Gasteiger partial charge in [0.25, 0.3) is 0 Å². The van der Waals surface area contributed by atoms with Crippen molar-refractivity contribution in [3.63, 3.8) is 0 Å². The van der Waals surface area contributed by atoms with E-state index in [4.69, 9.17) is 28.3 Å². The van der Waals surface area contributed by atoms with Crippen molar-refractivity contribution in [2.45, 2.75) is 6.92 Å². The highest BCUT2D eigenvalue weighted by Crippen LogP contribution is 2.37. The van der Waals surface area contributed by atoms with Crippen LogP contribution in [0.1, 0.15) is 6.92 Å². The van der Waals surface area contributed by atoms with E-state index >= 15 is 0 Å². The van der Waals surface area contributed by atoms with Crippen molar-refractivity contribution in [1.82, 2.24) is 4.98 Å². The van der Waals surface area contributed by atoms with Crippen LogP contribution in [0, 0.1) is 0 Å². The van der Waals surface area contributed by atoms with Crippen LogP contribution in [-0.2, 0) is 0 Å². The van der Waals surface area contributed by atoms with Gasteiger partial charge in [-0.25, -0.2) is 4.98 Å². The van der Waals surface area contributed by atoms with Crippen LogP contribution in [-0.4, -0.2) is 29.8 Å². The van der Waals surface area contributed by atoms with Gasteiger partial charge in [-0.05, 0) is 43.3 Å². The number of anilines is 1. The van der Waals surface area contributed by atoms with E-state index in [-0.39, 0.29) is 6.61 Å². The zero-order valence-corrected chi connectivity index (χ0v) is 15.8. The maximum Gasteiger partial charge on any atom is 0.231 e. The standard InChI is InChI=1S/C17H16Cl2N4OS/c1-2-23(9-10-24)12-5-3-11(4-6-12)21-22-17-20-14-8-7-13(18)15(19)16(14)25-17/h3-8,24H,2,9-10H2,1H3. The van der Waals surface area contributed by atoms with Crippen molar-refractivity contribution >= 4 is 61.3 Å². The van der Waals surface area contributed by atoms with Gasteiger partial charge in [0.2, 0.25) is 5.13 Å². The van der Waals surface area contributed by atoms with Crippen LogP contribution in [0.5, 0.6) is 0 Å². The molecule has 0 aliphatic carbocycles. The van der Waals surface area contributed by atoms with Crippen molar-refractivity contribution in [3.8, 4) is 0 Å². The number of benzene rings is 2. The molecule has 5 nitrogen and oxygen atoms in total. The number of aliphatic hydroxyl groups excluding tert-OH is 1. The van der Waals surface area contributed by atoms with Gasteiger partial charge in [-0.1, -0.05) is 34.5 Å². The Hall–Kier alpha value is -1.73. The van der Waals surface area contributed by atoms with Gasteiger partial charge >= 0.3 is 0 Å². The van der Waals surface area contributed by atoms with Crippen molar-refractivity contribution in [2.75, 3.05) is 24.6 Å². The van der Waals surface area contributed by atoms with Crippen LogP contribution in [0.4, 0.5) is 16.5 Å². The third-order valence-corrected chi connectivity index (χ3v) is 5.55. The number of likely N-dealkylation sites (N-methyl/N-ethyl adjacent to an activating group) is 1. The summed E-state index contributed by atoms with van der Waals surface area (Å²) in [5.74, 6) is 0. The van der Waals surface area contributed by atoms with Crippen molar-refractivity contribution in [2.24, 2.45) is 10.2 Å². The third-order valence-electron chi connectivity index (χ3n) is 3.66. The van der Waals surface area contributed by atoms with Crippen LogP contribution >= 0.6 is 34.5 Å². The average molecular weight is 395 g/mol. The molecule has 25 heavy (non-hydrogen) atoms. The Kier molecular flexibility index (Phi) is 5.86. The number of halogens is 2. The molecule has 2 aromatic carbocycles. The highest BCUT2D eigenvalue weighted by Gasteiger charge is 2.09. The van der Waals surface area contributed by atoms with Gasteiger partial charge in [-0.15, -0.1) is 10.2 Å². The van der Waals surface area contributed by atoms with E-state index in [1.54, 1.807) is 6.07 Å². The van der Waals surface area contributed by atoms with Gasteiger partial charge in [0.1, 0.15) is 0 Å². The highest BCUT2D eigenvalue weighted by molar-refractivity contribution is 7.22. The predicted octanol–water partition coefficient (Wildman–Crippen LogP) is 5.84. The molecule has 1 N–H and O–H groups in total. The van der Waals surface area contributed by atoms with Crippen LogP contribution in [0.25, 0.3) is 10.2 Å². The fourth-order valence-electron chi connectivity index (χ4n) is 2.39. The lowest BCUT2D eigenvalue weighted by Gasteiger charge is -2.21. The van der Waals surface area contributed by atoms with Crippen molar-refractivity contribution < 1.29 is 5.11 Å². The predicted molar refractivity (Wildman–Crippen MR) is 105 cm³/mol. The summed E-state index contributed by atoms with van der Waals surface area (Å²) in [6.45, 7) is 3.61. The van der Waals surface area contributed by atoms with Crippen LogP contribution in [0.15, 0.2) is 46.6 Å². The zero-order valence-electron chi connectivity index (χ0n) is 13.5. The van der Waals surface area contributed by atoms with Gasteiger partial charge in [-0.2, -0.15) is 0 Å². The molecule has 0 aliphatic rings. The number of thiazole rings is 1. The lowest BCUT2D eigenvalue weighted by Crippen LogP contribution is -2.25. The van der Waals surface area contributed by atoms with Crippen LogP contribution < -0.4 is 4.90 Å². The van der Waals surface area contributed by atoms with Gasteiger partial charge in [0.15, 0.2) is 0 Å². The first-order valence-electron chi connectivity index (χ1n) is 7.74. The normalized spacial score (nSPS) is 11.5. The number of aromatic nitrogens is 1. The molecule has 0 aliphatic heterocycles. The molecule has 130 valence electrons. The fourth-order valence-corrected chi connectivity index (χ4v) is 3.70. The van der Waals surface area contributed by atoms with E-state index in [9.17, 15) is 0 Å². The first-order chi connectivity index (χ1) is 12.1. The Bertz CT molecular complexity index is 896. The summed E-state index contributed by atoms with van der Waals surface area (Å²) in [4.78, 5) is 6.48. The molecule has 0 saturated carbocycles. The monoisotopic (exact) mass is 394 g/mol. The summed E-state index contributed by atoms with van der Waals surface area (Å²) < 4.78 is 0.807. The second-order valence-electron chi connectivity index (χ2n) is 5.23. The number of rotatable bonds is 6. The van der Waals surface area contributed by atoms with E-state index in [2.05, 4.69) is 20.1 Å². The second-order valence-corrected chi connectivity index (χ2v) is 6.99. The maximum atomic E-state index is 9.09. The lowest BCUT2D eigenvalue weighted by atomic mass is 10.2.